The maximum Gasteiger partial charge on any atom is 0.223 e. The van der Waals surface area contributed by atoms with E-state index in [2.05, 4.69) is 34.1 Å². The van der Waals surface area contributed by atoms with Crippen LogP contribution in [0.1, 0.15) is 43.1 Å². The van der Waals surface area contributed by atoms with Crippen molar-refractivity contribution in [1.29, 1.82) is 0 Å². The van der Waals surface area contributed by atoms with Crippen LogP contribution in [0.4, 0.5) is 0 Å². The molecular formula is C18H22N6O. The summed E-state index contributed by atoms with van der Waals surface area (Å²) in [6.07, 6.45) is 6.48. The van der Waals surface area contributed by atoms with Crippen LogP contribution >= 0.6 is 0 Å². The highest BCUT2D eigenvalue weighted by Gasteiger charge is 2.31. The van der Waals surface area contributed by atoms with E-state index < -0.39 is 0 Å². The third kappa shape index (κ3) is 3.26. The lowest BCUT2D eigenvalue weighted by atomic mass is 10.2. The minimum absolute atomic E-state index is 0.0616. The van der Waals surface area contributed by atoms with Crippen LogP contribution in [0.25, 0.3) is 11.0 Å². The smallest absolute Gasteiger partial charge is 0.223 e. The number of fused-ring (bicyclic) bond motifs is 1. The molecular weight excluding hydrogens is 316 g/mol. The summed E-state index contributed by atoms with van der Waals surface area (Å²) >= 11 is 0. The number of H-pyrrole nitrogens is 1. The first-order valence-electron chi connectivity index (χ1n) is 8.79. The van der Waals surface area contributed by atoms with Crippen LogP contribution in [-0.4, -0.2) is 42.1 Å². The molecule has 1 aromatic carbocycles. The second-order valence-electron chi connectivity index (χ2n) is 6.65. The number of aromatic amines is 1. The first-order chi connectivity index (χ1) is 12.2. The second kappa shape index (κ2) is 6.66. The highest BCUT2D eigenvalue weighted by Crippen LogP contribution is 2.32. The maximum atomic E-state index is 12.7. The summed E-state index contributed by atoms with van der Waals surface area (Å²) in [5, 5.41) is 4.07. The number of nitrogens with one attached hydrogen (secondary N) is 1. The number of rotatable bonds is 5. The molecule has 3 heterocycles. The fourth-order valence-electron chi connectivity index (χ4n) is 3.53. The molecule has 130 valence electrons. The zero-order valence-corrected chi connectivity index (χ0v) is 14.4. The highest BCUT2D eigenvalue weighted by molar-refractivity contribution is 5.78. The Kier molecular flexibility index (Phi) is 4.21. The van der Waals surface area contributed by atoms with E-state index in [0.29, 0.717) is 13.0 Å². The number of hydrogen-bond acceptors (Lipinski definition) is 4. The van der Waals surface area contributed by atoms with Crippen LogP contribution in [0, 0.1) is 6.92 Å². The monoisotopic (exact) mass is 338 g/mol. The predicted octanol–water partition coefficient (Wildman–Crippen LogP) is 2.61. The van der Waals surface area contributed by atoms with E-state index in [9.17, 15) is 4.79 Å². The van der Waals surface area contributed by atoms with Gasteiger partial charge in [-0.15, -0.1) is 0 Å². The van der Waals surface area contributed by atoms with Gasteiger partial charge in [0.25, 0.3) is 0 Å². The molecule has 0 spiro atoms. The molecule has 1 saturated heterocycles. The van der Waals surface area contributed by atoms with Crippen molar-refractivity contribution in [3.05, 3.63) is 42.2 Å². The van der Waals surface area contributed by atoms with E-state index in [4.69, 9.17) is 4.98 Å². The van der Waals surface area contributed by atoms with Crippen molar-refractivity contribution in [3.8, 4) is 0 Å². The second-order valence-corrected chi connectivity index (χ2v) is 6.65. The minimum Gasteiger partial charge on any atom is -0.340 e. The van der Waals surface area contributed by atoms with Gasteiger partial charge in [0.15, 0.2) is 0 Å². The summed E-state index contributed by atoms with van der Waals surface area (Å²) in [7, 11) is 0. The molecule has 7 nitrogen and oxygen atoms in total. The molecule has 25 heavy (non-hydrogen) atoms. The number of amides is 1. The molecule has 0 radical (unpaired) electrons. The Labute approximate surface area is 146 Å². The molecule has 1 N–H and O–H groups in total. The standard InChI is InChI=1S/C18H22N6O/c1-13-6-7-14-15(10-13)22-18(21-14)16-4-2-9-24(16)17(25)5-3-8-23-12-19-11-20-23/h6-7,10-12,16H,2-5,8-9H2,1H3,(H,21,22). The van der Waals surface area contributed by atoms with E-state index >= 15 is 0 Å². The molecule has 1 amide bonds. The zero-order chi connectivity index (χ0) is 17.2. The van der Waals surface area contributed by atoms with Gasteiger partial charge < -0.3 is 9.88 Å². The lowest BCUT2D eigenvalue weighted by molar-refractivity contribution is -0.132. The van der Waals surface area contributed by atoms with Gasteiger partial charge in [-0.2, -0.15) is 5.10 Å². The van der Waals surface area contributed by atoms with Crippen LogP contribution in [0.3, 0.4) is 0 Å². The first-order valence-corrected chi connectivity index (χ1v) is 8.79. The van der Waals surface area contributed by atoms with Crippen molar-refractivity contribution in [2.75, 3.05) is 6.54 Å². The lowest BCUT2D eigenvalue weighted by Gasteiger charge is -2.23. The third-order valence-corrected chi connectivity index (χ3v) is 4.79. The normalized spacial score (nSPS) is 17.5. The van der Waals surface area contributed by atoms with Crippen molar-refractivity contribution in [2.24, 2.45) is 0 Å². The number of likely N-dealkylation sites (tertiary alicyclic amines) is 1. The van der Waals surface area contributed by atoms with Crippen LogP contribution in [-0.2, 0) is 11.3 Å². The number of carbonyl (C=O) groups excluding carboxylic acids is 1. The number of imidazole rings is 1. The Morgan fingerprint density at radius 1 is 1.40 bits per heavy atom. The van der Waals surface area contributed by atoms with Gasteiger partial charge in [0.1, 0.15) is 18.5 Å². The first kappa shape index (κ1) is 15.8. The van der Waals surface area contributed by atoms with Crippen molar-refractivity contribution in [1.82, 2.24) is 29.6 Å². The molecule has 3 aromatic rings. The Bertz CT molecular complexity index is 869. The Morgan fingerprint density at radius 3 is 3.16 bits per heavy atom. The highest BCUT2D eigenvalue weighted by atomic mass is 16.2. The molecule has 1 unspecified atom stereocenters. The summed E-state index contributed by atoms with van der Waals surface area (Å²) in [5.74, 6) is 1.10. The van der Waals surface area contributed by atoms with Crippen LogP contribution in [0.2, 0.25) is 0 Å². The molecule has 1 atom stereocenters. The summed E-state index contributed by atoms with van der Waals surface area (Å²) in [5.41, 5.74) is 3.21. The SMILES string of the molecule is Cc1ccc2nc(C3CCCN3C(=O)CCCn3cncn3)[nH]c2c1. The molecule has 1 fully saturated rings. The third-order valence-electron chi connectivity index (χ3n) is 4.79. The molecule has 0 aliphatic carbocycles. The van der Waals surface area contributed by atoms with Gasteiger partial charge >= 0.3 is 0 Å². The van der Waals surface area contributed by atoms with Crippen LogP contribution < -0.4 is 0 Å². The average molecular weight is 338 g/mol. The van der Waals surface area contributed by atoms with Crippen LogP contribution in [0.5, 0.6) is 0 Å². The molecule has 1 aliphatic heterocycles. The van der Waals surface area contributed by atoms with Gasteiger partial charge in [-0.1, -0.05) is 6.07 Å². The predicted molar refractivity (Wildman–Crippen MR) is 93.8 cm³/mol. The Morgan fingerprint density at radius 2 is 2.32 bits per heavy atom. The van der Waals surface area contributed by atoms with Gasteiger partial charge in [-0.25, -0.2) is 9.97 Å². The summed E-state index contributed by atoms with van der Waals surface area (Å²) in [6, 6.07) is 6.26. The lowest BCUT2D eigenvalue weighted by Crippen LogP contribution is -2.31. The summed E-state index contributed by atoms with van der Waals surface area (Å²) in [4.78, 5) is 26.7. The average Bonchev–Trinajstić information content (AvgIpc) is 3.33. The van der Waals surface area contributed by atoms with E-state index in [0.717, 1.165) is 42.7 Å². The summed E-state index contributed by atoms with van der Waals surface area (Å²) in [6.45, 7) is 3.59. The fraction of sp³-hybridized carbons (Fsp3) is 0.444. The van der Waals surface area contributed by atoms with Gasteiger partial charge in [0.2, 0.25) is 5.91 Å². The Hall–Kier alpha value is -2.70. The molecule has 1 aliphatic rings. The fourth-order valence-corrected chi connectivity index (χ4v) is 3.53. The van der Waals surface area contributed by atoms with Crippen molar-refractivity contribution in [3.63, 3.8) is 0 Å². The van der Waals surface area contributed by atoms with Gasteiger partial charge in [-0.3, -0.25) is 9.48 Å². The van der Waals surface area contributed by atoms with E-state index in [1.54, 1.807) is 11.0 Å². The number of aryl methyl sites for hydroxylation is 2. The molecule has 2 aromatic heterocycles. The molecule has 0 saturated carbocycles. The number of nitrogens with zero attached hydrogens (tertiary/aromatic N) is 5. The van der Waals surface area contributed by atoms with E-state index in [-0.39, 0.29) is 11.9 Å². The minimum atomic E-state index is 0.0616. The van der Waals surface area contributed by atoms with E-state index in [1.165, 1.54) is 11.9 Å². The van der Waals surface area contributed by atoms with Crippen molar-refractivity contribution < 1.29 is 4.79 Å². The number of benzene rings is 1. The van der Waals surface area contributed by atoms with Crippen LogP contribution in [0.15, 0.2) is 30.9 Å². The number of aromatic nitrogens is 5. The Balaban J connectivity index is 1.44. The molecule has 7 heteroatoms. The van der Waals surface area contributed by atoms with Crippen molar-refractivity contribution >= 4 is 16.9 Å². The van der Waals surface area contributed by atoms with Gasteiger partial charge in [0.05, 0.1) is 17.1 Å². The zero-order valence-electron chi connectivity index (χ0n) is 14.4. The molecule has 0 bridgehead atoms. The van der Waals surface area contributed by atoms with Gasteiger partial charge in [0, 0.05) is 19.5 Å². The maximum absolute atomic E-state index is 12.7. The quantitative estimate of drug-likeness (QED) is 0.775. The summed E-state index contributed by atoms with van der Waals surface area (Å²) < 4.78 is 1.76. The number of carbonyl (C=O) groups is 1. The topological polar surface area (TPSA) is 79.7 Å². The van der Waals surface area contributed by atoms with Gasteiger partial charge in [-0.05, 0) is 43.9 Å². The largest absolute Gasteiger partial charge is 0.340 e. The van der Waals surface area contributed by atoms with Crippen molar-refractivity contribution in [2.45, 2.75) is 45.2 Å². The van der Waals surface area contributed by atoms with E-state index in [1.807, 2.05) is 11.0 Å². The number of hydrogen-bond donors (Lipinski definition) is 1. The molecule has 4 rings (SSSR count).